The summed E-state index contributed by atoms with van der Waals surface area (Å²) in [7, 11) is 0. The Morgan fingerprint density at radius 2 is 2.17 bits per heavy atom. The monoisotopic (exact) mass is 356 g/mol. The highest BCUT2D eigenvalue weighted by atomic mass is 127. The summed E-state index contributed by atoms with van der Waals surface area (Å²) in [6.45, 7) is 12.8. The Hall–Kier alpha value is -0.710. The maximum Gasteiger partial charge on any atom is 0.107 e. The minimum atomic E-state index is -0.215. The lowest BCUT2D eigenvalue weighted by Crippen LogP contribution is -2.45. The van der Waals surface area contributed by atoms with Gasteiger partial charge in [-0.2, -0.15) is 0 Å². The van der Waals surface area contributed by atoms with Gasteiger partial charge >= 0.3 is 0 Å². The van der Waals surface area contributed by atoms with Crippen LogP contribution in [0.4, 0.5) is 0 Å². The maximum atomic E-state index is 7.30. The van der Waals surface area contributed by atoms with E-state index in [2.05, 4.69) is 74.0 Å². The van der Waals surface area contributed by atoms with Crippen molar-refractivity contribution in [3.63, 3.8) is 0 Å². The summed E-state index contributed by atoms with van der Waals surface area (Å²) in [5.41, 5.74) is 2.86. The molecule has 1 atom stereocenters. The van der Waals surface area contributed by atoms with Crippen LogP contribution in [0.2, 0.25) is 0 Å². The van der Waals surface area contributed by atoms with E-state index in [9.17, 15) is 0 Å². The summed E-state index contributed by atoms with van der Waals surface area (Å²) >= 11 is 2.46. The molecule has 0 bridgehead atoms. The van der Waals surface area contributed by atoms with Crippen LogP contribution in [0.15, 0.2) is 40.9 Å². The first-order valence-electron chi connectivity index (χ1n) is 6.04. The fourth-order valence-electron chi connectivity index (χ4n) is 2.27. The standard InChI is InChI=1S/C15H21IN2/c1-11-8-6-7-9-12(2)15(5,14(3,4)16)13(11)18-10-17/h6,8-10,17H,1,7H2,2-5H3/b8-6-,12-9+,17-10?,18-13?/t15-/m0/s1. The van der Waals surface area contributed by atoms with Gasteiger partial charge in [0.15, 0.2) is 0 Å². The van der Waals surface area contributed by atoms with Crippen molar-refractivity contribution in [3.8, 4) is 0 Å². The summed E-state index contributed by atoms with van der Waals surface area (Å²) in [5, 5.41) is 7.30. The molecule has 1 N–H and O–H groups in total. The van der Waals surface area contributed by atoms with Crippen molar-refractivity contribution in [2.75, 3.05) is 0 Å². The molecule has 0 aliphatic heterocycles. The Kier molecular flexibility index (Phi) is 4.70. The summed E-state index contributed by atoms with van der Waals surface area (Å²) in [6.07, 6.45) is 8.37. The second kappa shape index (κ2) is 5.51. The van der Waals surface area contributed by atoms with Crippen molar-refractivity contribution in [3.05, 3.63) is 36.0 Å². The summed E-state index contributed by atoms with van der Waals surface area (Å²) < 4.78 is -0.0126. The number of nitrogens with one attached hydrogen (secondary N) is 1. The Bertz CT molecular complexity index is 450. The molecule has 1 aliphatic rings. The molecule has 1 rings (SSSR count). The number of nitrogens with zero attached hydrogens (tertiary/aromatic N) is 1. The second-order valence-electron chi connectivity index (χ2n) is 5.25. The van der Waals surface area contributed by atoms with Crippen molar-refractivity contribution < 1.29 is 0 Å². The number of rotatable bonds is 2. The van der Waals surface area contributed by atoms with Gasteiger partial charge < -0.3 is 0 Å². The highest BCUT2D eigenvalue weighted by Gasteiger charge is 2.45. The normalized spacial score (nSPS) is 32.4. The van der Waals surface area contributed by atoms with E-state index >= 15 is 0 Å². The van der Waals surface area contributed by atoms with Gasteiger partial charge in [-0.3, -0.25) is 5.41 Å². The number of allylic oxidation sites excluding steroid dienone is 5. The van der Waals surface area contributed by atoms with Gasteiger partial charge in [0.1, 0.15) is 6.34 Å². The third kappa shape index (κ3) is 2.66. The van der Waals surface area contributed by atoms with Gasteiger partial charge in [-0.05, 0) is 39.7 Å². The zero-order valence-corrected chi connectivity index (χ0v) is 13.7. The molecule has 2 nitrogen and oxygen atoms in total. The van der Waals surface area contributed by atoms with E-state index < -0.39 is 0 Å². The lowest BCUT2D eigenvalue weighted by atomic mass is 9.67. The van der Waals surface area contributed by atoms with Gasteiger partial charge in [-0.25, -0.2) is 4.99 Å². The van der Waals surface area contributed by atoms with E-state index in [0.717, 1.165) is 24.0 Å². The lowest BCUT2D eigenvalue weighted by molar-refractivity contribution is 0.453. The molecular weight excluding hydrogens is 335 g/mol. The lowest BCUT2D eigenvalue weighted by Gasteiger charge is -2.43. The van der Waals surface area contributed by atoms with E-state index in [1.54, 1.807) is 0 Å². The molecule has 98 valence electrons. The molecule has 0 aromatic heterocycles. The van der Waals surface area contributed by atoms with Crippen LogP contribution in [0.3, 0.4) is 0 Å². The molecule has 0 saturated carbocycles. The van der Waals surface area contributed by atoms with Gasteiger partial charge in [-0.1, -0.05) is 53.0 Å². The molecule has 0 radical (unpaired) electrons. The molecule has 1 aliphatic carbocycles. The van der Waals surface area contributed by atoms with Crippen molar-refractivity contribution in [1.29, 1.82) is 5.41 Å². The molecule has 0 aromatic rings. The van der Waals surface area contributed by atoms with E-state index in [4.69, 9.17) is 5.41 Å². The third-order valence-corrected chi connectivity index (χ3v) is 4.91. The minimum Gasteiger partial charge on any atom is -0.290 e. The van der Waals surface area contributed by atoms with Crippen LogP contribution in [0.25, 0.3) is 0 Å². The van der Waals surface area contributed by atoms with Gasteiger partial charge in [0.2, 0.25) is 0 Å². The first kappa shape index (κ1) is 15.3. The van der Waals surface area contributed by atoms with E-state index in [1.165, 1.54) is 5.57 Å². The van der Waals surface area contributed by atoms with Crippen LogP contribution in [0.1, 0.15) is 34.1 Å². The van der Waals surface area contributed by atoms with Crippen molar-refractivity contribution in [1.82, 2.24) is 0 Å². The summed E-state index contributed by atoms with van der Waals surface area (Å²) in [5.74, 6) is 0. The number of halogens is 1. The minimum absolute atomic E-state index is 0.0126. The van der Waals surface area contributed by atoms with Gasteiger partial charge in [-0.15, -0.1) is 0 Å². The fraction of sp³-hybridized carbons (Fsp3) is 0.467. The molecule has 0 aromatic carbocycles. The van der Waals surface area contributed by atoms with Crippen LogP contribution in [-0.2, 0) is 0 Å². The summed E-state index contributed by atoms with van der Waals surface area (Å²) in [4.78, 5) is 4.30. The molecule has 0 saturated heterocycles. The molecule has 0 fully saturated rings. The van der Waals surface area contributed by atoms with Crippen LogP contribution < -0.4 is 0 Å². The molecule has 0 spiro atoms. The highest BCUT2D eigenvalue weighted by molar-refractivity contribution is 14.1. The zero-order chi connectivity index (χ0) is 14.0. The number of alkyl halides is 1. The second-order valence-corrected chi connectivity index (χ2v) is 7.95. The van der Waals surface area contributed by atoms with Crippen molar-refractivity contribution in [2.45, 2.75) is 37.5 Å². The van der Waals surface area contributed by atoms with Gasteiger partial charge in [0, 0.05) is 8.84 Å². The van der Waals surface area contributed by atoms with E-state index in [-0.39, 0.29) is 8.84 Å². The van der Waals surface area contributed by atoms with Crippen molar-refractivity contribution >= 4 is 34.6 Å². The Morgan fingerprint density at radius 1 is 1.56 bits per heavy atom. The molecule has 0 unspecified atom stereocenters. The van der Waals surface area contributed by atoms with Crippen LogP contribution in [0.5, 0.6) is 0 Å². The van der Waals surface area contributed by atoms with E-state index in [1.807, 2.05) is 6.08 Å². The first-order chi connectivity index (χ1) is 8.25. The smallest absolute Gasteiger partial charge is 0.107 e. The van der Waals surface area contributed by atoms with Crippen LogP contribution in [0, 0.1) is 10.8 Å². The van der Waals surface area contributed by atoms with Crippen LogP contribution >= 0.6 is 22.6 Å². The SMILES string of the molecule is C=C1/C=C\C/C=C(\C)[C@](C)(C(C)(C)I)C1=NC=N. The number of hydrogen-bond donors (Lipinski definition) is 1. The Labute approximate surface area is 124 Å². The van der Waals surface area contributed by atoms with Crippen molar-refractivity contribution in [2.24, 2.45) is 10.4 Å². The number of hydrogen-bond acceptors (Lipinski definition) is 1. The average Bonchev–Trinajstić information content (AvgIpc) is 2.27. The molecule has 0 amide bonds. The quantitative estimate of drug-likeness (QED) is 0.244. The van der Waals surface area contributed by atoms with Gasteiger partial charge in [0.05, 0.1) is 5.71 Å². The largest absolute Gasteiger partial charge is 0.290 e. The van der Waals surface area contributed by atoms with Crippen LogP contribution in [-0.4, -0.2) is 15.5 Å². The molecule has 0 heterocycles. The van der Waals surface area contributed by atoms with E-state index in [0.29, 0.717) is 0 Å². The summed E-state index contributed by atoms with van der Waals surface area (Å²) in [6, 6.07) is 0. The predicted octanol–water partition coefficient (Wildman–Crippen LogP) is 4.72. The van der Waals surface area contributed by atoms with Gasteiger partial charge in [0.25, 0.3) is 0 Å². The molecule has 18 heavy (non-hydrogen) atoms. The first-order valence-corrected chi connectivity index (χ1v) is 7.12. The fourth-order valence-corrected chi connectivity index (χ4v) is 2.95. The maximum absolute atomic E-state index is 7.30. The molecular formula is C15H21IN2. The third-order valence-electron chi connectivity index (χ3n) is 3.83. The Balaban J connectivity index is 3.55. The molecule has 3 heteroatoms. The highest BCUT2D eigenvalue weighted by Crippen LogP contribution is 2.47. The number of aliphatic imine (C=N–C) groups is 1. The Morgan fingerprint density at radius 3 is 2.67 bits per heavy atom. The predicted molar refractivity (Wildman–Crippen MR) is 89.1 cm³/mol. The average molecular weight is 356 g/mol. The zero-order valence-electron chi connectivity index (χ0n) is 11.5. The topological polar surface area (TPSA) is 36.2 Å².